The molecule has 3 aromatic rings. The minimum Gasteiger partial charge on any atom is -0.496 e. The summed E-state index contributed by atoms with van der Waals surface area (Å²) in [6, 6.07) is 28.2. The highest BCUT2D eigenvalue weighted by Gasteiger charge is 2.58. The maximum Gasteiger partial charge on any atom is 0.123 e. The van der Waals surface area contributed by atoms with Gasteiger partial charge in [0.25, 0.3) is 0 Å². The van der Waals surface area contributed by atoms with E-state index >= 15 is 0 Å². The highest BCUT2D eigenvalue weighted by atomic mass is 16.5. The number of nitrogens with one attached hydrogen (secondary N) is 1. The van der Waals surface area contributed by atoms with Gasteiger partial charge in [0.05, 0.1) is 19.3 Å². The number of benzene rings is 3. The Kier molecular flexibility index (Phi) is 5.53. The first-order valence-corrected chi connectivity index (χ1v) is 11.1. The molecule has 0 unspecified atom stereocenters. The molecule has 2 aliphatic heterocycles. The van der Waals surface area contributed by atoms with Gasteiger partial charge in [-0.3, -0.25) is 0 Å². The first-order valence-electron chi connectivity index (χ1n) is 11.1. The van der Waals surface area contributed by atoms with E-state index in [2.05, 4.69) is 11.4 Å². The van der Waals surface area contributed by atoms with E-state index in [1.807, 2.05) is 78.9 Å². The Hall–Kier alpha value is -2.66. The fourth-order valence-corrected chi connectivity index (χ4v) is 5.48. The predicted molar refractivity (Wildman–Crippen MR) is 121 cm³/mol. The maximum atomic E-state index is 12.4. The van der Waals surface area contributed by atoms with Crippen molar-refractivity contribution in [3.05, 3.63) is 102 Å². The van der Waals surface area contributed by atoms with Gasteiger partial charge in [-0.15, -0.1) is 0 Å². The molecule has 0 amide bonds. The Morgan fingerprint density at radius 3 is 2.10 bits per heavy atom. The van der Waals surface area contributed by atoms with Gasteiger partial charge in [-0.25, -0.2) is 0 Å². The molecule has 4 atom stereocenters. The Bertz CT molecular complexity index is 968. The van der Waals surface area contributed by atoms with Crippen molar-refractivity contribution in [1.29, 1.82) is 0 Å². The molecule has 2 N–H and O–H groups in total. The van der Waals surface area contributed by atoms with Crippen LogP contribution in [0.25, 0.3) is 0 Å². The van der Waals surface area contributed by atoms with Crippen molar-refractivity contribution in [3.8, 4) is 5.75 Å². The summed E-state index contributed by atoms with van der Waals surface area (Å²) in [6.07, 6.45) is 2.11. The average molecular weight is 416 g/mol. The number of methoxy groups -OCH3 is 1. The van der Waals surface area contributed by atoms with E-state index < -0.39 is 5.60 Å². The molecule has 4 nitrogen and oxygen atoms in total. The third-order valence-corrected chi connectivity index (χ3v) is 6.90. The summed E-state index contributed by atoms with van der Waals surface area (Å²) >= 11 is 0. The van der Waals surface area contributed by atoms with Crippen LogP contribution < -0.4 is 10.1 Å². The predicted octanol–water partition coefficient (Wildman–Crippen LogP) is 4.27. The van der Waals surface area contributed by atoms with E-state index in [0.717, 1.165) is 35.3 Å². The minimum atomic E-state index is -1.14. The number of para-hydroxylation sites is 1. The highest BCUT2D eigenvalue weighted by Crippen LogP contribution is 2.50. The Balaban J connectivity index is 1.52. The normalized spacial score (nSPS) is 25.0. The summed E-state index contributed by atoms with van der Waals surface area (Å²) in [5.74, 6) is 0.780. The molecular weight excluding hydrogens is 386 g/mol. The first kappa shape index (κ1) is 20.3. The van der Waals surface area contributed by atoms with Gasteiger partial charge in [-0.2, -0.15) is 0 Å². The van der Waals surface area contributed by atoms with Crippen LogP contribution >= 0.6 is 0 Å². The second-order valence-electron chi connectivity index (χ2n) is 8.53. The van der Waals surface area contributed by atoms with Gasteiger partial charge >= 0.3 is 0 Å². The van der Waals surface area contributed by atoms with E-state index in [9.17, 15) is 5.11 Å². The maximum absolute atomic E-state index is 12.4. The third kappa shape index (κ3) is 3.55. The summed E-state index contributed by atoms with van der Waals surface area (Å²) in [5.41, 5.74) is 1.79. The van der Waals surface area contributed by atoms with Gasteiger partial charge in [-0.05, 0) is 30.0 Å². The SMILES string of the molecule is COc1ccccc1CN[C@H]1[C@@H](C(O)(c2ccccc2)c2ccccc2)[C@@H]2CC[C@H]1O2. The van der Waals surface area contributed by atoms with Crippen molar-refractivity contribution in [3.63, 3.8) is 0 Å². The van der Waals surface area contributed by atoms with Crippen LogP contribution in [0.15, 0.2) is 84.9 Å². The zero-order chi connectivity index (χ0) is 21.3. The molecule has 5 rings (SSSR count). The quantitative estimate of drug-likeness (QED) is 0.605. The largest absolute Gasteiger partial charge is 0.496 e. The second-order valence-corrected chi connectivity index (χ2v) is 8.53. The molecule has 31 heavy (non-hydrogen) atoms. The van der Waals surface area contributed by atoms with Crippen LogP contribution in [0.5, 0.6) is 5.75 Å². The fraction of sp³-hybridized carbons (Fsp3) is 0.333. The van der Waals surface area contributed by atoms with E-state index in [1.165, 1.54) is 0 Å². The number of rotatable bonds is 7. The van der Waals surface area contributed by atoms with Crippen LogP contribution in [0.1, 0.15) is 29.5 Å². The van der Waals surface area contributed by atoms with E-state index in [1.54, 1.807) is 7.11 Å². The molecular formula is C27H29NO3. The van der Waals surface area contributed by atoms with Crippen LogP contribution in [-0.4, -0.2) is 30.5 Å². The molecule has 160 valence electrons. The second kappa shape index (κ2) is 8.46. The molecule has 2 bridgehead atoms. The Morgan fingerprint density at radius 2 is 1.45 bits per heavy atom. The van der Waals surface area contributed by atoms with Gasteiger partial charge in [0.1, 0.15) is 11.4 Å². The van der Waals surface area contributed by atoms with Crippen molar-refractivity contribution in [2.75, 3.05) is 7.11 Å². The number of fused-ring (bicyclic) bond motifs is 2. The van der Waals surface area contributed by atoms with Crippen molar-refractivity contribution in [1.82, 2.24) is 5.32 Å². The molecule has 2 aliphatic rings. The number of hydrogen-bond acceptors (Lipinski definition) is 4. The van der Waals surface area contributed by atoms with E-state index in [-0.39, 0.29) is 24.2 Å². The Morgan fingerprint density at radius 1 is 0.871 bits per heavy atom. The first-order chi connectivity index (χ1) is 15.2. The van der Waals surface area contributed by atoms with Crippen LogP contribution in [0, 0.1) is 5.92 Å². The topological polar surface area (TPSA) is 50.7 Å². The average Bonchev–Trinajstić information content (AvgIpc) is 3.45. The van der Waals surface area contributed by atoms with Crippen molar-refractivity contribution < 1.29 is 14.6 Å². The lowest BCUT2D eigenvalue weighted by molar-refractivity contribution is -0.0251. The summed E-state index contributed by atoms with van der Waals surface area (Å²) in [4.78, 5) is 0. The van der Waals surface area contributed by atoms with Crippen LogP contribution in [0.4, 0.5) is 0 Å². The third-order valence-electron chi connectivity index (χ3n) is 6.90. The zero-order valence-corrected chi connectivity index (χ0v) is 17.8. The van der Waals surface area contributed by atoms with Gasteiger partial charge in [0.2, 0.25) is 0 Å². The number of ether oxygens (including phenoxy) is 2. The van der Waals surface area contributed by atoms with Crippen molar-refractivity contribution in [2.45, 2.75) is 43.2 Å². The standard InChI is InChI=1S/C27H29NO3/c1-30-22-15-9-8-10-19(22)18-28-26-24-17-16-23(31-24)25(26)27(29,20-11-4-2-5-12-20)21-13-6-3-7-14-21/h2-15,23-26,28-29H,16-18H2,1H3/t23-,24+,25-,26+/m0/s1. The van der Waals surface area contributed by atoms with Crippen LogP contribution in [-0.2, 0) is 16.9 Å². The van der Waals surface area contributed by atoms with Crippen molar-refractivity contribution >= 4 is 0 Å². The minimum absolute atomic E-state index is 0.0191. The van der Waals surface area contributed by atoms with E-state index in [0.29, 0.717) is 6.54 Å². The monoisotopic (exact) mass is 415 g/mol. The van der Waals surface area contributed by atoms with Gasteiger partial charge in [0, 0.05) is 24.1 Å². The van der Waals surface area contributed by atoms with Crippen LogP contribution in [0.2, 0.25) is 0 Å². The smallest absolute Gasteiger partial charge is 0.123 e. The van der Waals surface area contributed by atoms with E-state index in [4.69, 9.17) is 9.47 Å². The summed E-state index contributed by atoms with van der Waals surface area (Å²) in [5, 5.41) is 16.1. The lowest BCUT2D eigenvalue weighted by Crippen LogP contribution is -2.53. The molecule has 2 heterocycles. The van der Waals surface area contributed by atoms with Gasteiger partial charge < -0.3 is 19.9 Å². The van der Waals surface area contributed by atoms with Crippen LogP contribution in [0.3, 0.4) is 0 Å². The molecule has 0 saturated carbocycles. The summed E-state index contributed by atoms with van der Waals surface area (Å²) in [7, 11) is 1.70. The summed E-state index contributed by atoms with van der Waals surface area (Å²) in [6.45, 7) is 0.664. The van der Waals surface area contributed by atoms with Crippen molar-refractivity contribution in [2.24, 2.45) is 5.92 Å². The molecule has 0 aliphatic carbocycles. The molecule has 0 aromatic heterocycles. The Labute approximate surface area is 183 Å². The van der Waals surface area contributed by atoms with Gasteiger partial charge in [-0.1, -0.05) is 78.9 Å². The molecule has 0 spiro atoms. The molecule has 2 fully saturated rings. The fourth-order valence-electron chi connectivity index (χ4n) is 5.48. The molecule has 0 radical (unpaired) electrons. The lowest BCUT2D eigenvalue weighted by Gasteiger charge is -2.42. The zero-order valence-electron chi connectivity index (χ0n) is 17.8. The molecule has 2 saturated heterocycles. The number of aliphatic hydroxyl groups is 1. The number of hydrogen-bond donors (Lipinski definition) is 2. The van der Waals surface area contributed by atoms with Gasteiger partial charge in [0.15, 0.2) is 0 Å². The lowest BCUT2D eigenvalue weighted by atomic mass is 9.67. The molecule has 3 aromatic carbocycles. The highest BCUT2D eigenvalue weighted by molar-refractivity contribution is 5.39. The summed E-state index contributed by atoms with van der Waals surface area (Å²) < 4.78 is 11.9. The molecule has 4 heteroatoms.